The summed E-state index contributed by atoms with van der Waals surface area (Å²) in [6.45, 7) is 1.11. The number of halogens is 2. The fourth-order valence-electron chi connectivity index (χ4n) is 2.67. The van der Waals surface area contributed by atoms with Crippen molar-refractivity contribution in [3.63, 3.8) is 0 Å². The smallest absolute Gasteiger partial charge is 0.279 e. The van der Waals surface area contributed by atoms with Crippen LogP contribution in [0.5, 0.6) is 0 Å². The van der Waals surface area contributed by atoms with Gasteiger partial charge >= 0.3 is 0 Å². The SMILES string of the molecule is O=C(C[NH+](Cc1ccc(F)cc1)C1CC1)Nc1ccccc1Cl. The fourth-order valence-corrected chi connectivity index (χ4v) is 2.85. The highest BCUT2D eigenvalue weighted by Gasteiger charge is 2.34. The molecular formula is C18H19ClFN2O+. The summed E-state index contributed by atoms with van der Waals surface area (Å²) in [6, 6.07) is 14.2. The molecule has 2 aromatic rings. The Morgan fingerprint density at radius 3 is 2.52 bits per heavy atom. The summed E-state index contributed by atoms with van der Waals surface area (Å²) in [4.78, 5) is 13.5. The number of rotatable bonds is 6. The van der Waals surface area contributed by atoms with Crippen LogP contribution in [-0.4, -0.2) is 18.5 Å². The van der Waals surface area contributed by atoms with Gasteiger partial charge in [-0.15, -0.1) is 0 Å². The molecular weight excluding hydrogens is 315 g/mol. The van der Waals surface area contributed by atoms with Crippen LogP contribution in [0.25, 0.3) is 0 Å². The Balaban J connectivity index is 1.62. The van der Waals surface area contributed by atoms with Gasteiger partial charge in [-0.25, -0.2) is 4.39 Å². The molecule has 2 N–H and O–H groups in total. The Labute approximate surface area is 140 Å². The minimum Gasteiger partial charge on any atom is -0.321 e. The van der Waals surface area contributed by atoms with Crippen LogP contribution in [0.3, 0.4) is 0 Å². The summed E-state index contributed by atoms with van der Waals surface area (Å²) in [5.74, 6) is -0.291. The van der Waals surface area contributed by atoms with Gasteiger partial charge in [-0.3, -0.25) is 4.79 Å². The number of carbonyl (C=O) groups excluding carboxylic acids is 1. The van der Waals surface area contributed by atoms with E-state index in [1.165, 1.54) is 17.0 Å². The van der Waals surface area contributed by atoms with E-state index in [-0.39, 0.29) is 11.7 Å². The quantitative estimate of drug-likeness (QED) is 0.837. The molecule has 2 aromatic carbocycles. The summed E-state index contributed by atoms with van der Waals surface area (Å²) >= 11 is 6.07. The summed E-state index contributed by atoms with van der Waals surface area (Å²) in [5.41, 5.74) is 1.68. The summed E-state index contributed by atoms with van der Waals surface area (Å²) in [6.07, 6.45) is 2.27. The number of hydrogen-bond donors (Lipinski definition) is 2. The van der Waals surface area contributed by atoms with E-state index in [1.54, 1.807) is 24.3 Å². The zero-order valence-corrected chi connectivity index (χ0v) is 13.4. The molecule has 1 unspecified atom stereocenters. The van der Waals surface area contributed by atoms with E-state index >= 15 is 0 Å². The molecule has 1 amide bonds. The molecule has 1 atom stereocenters. The fraction of sp³-hybridized carbons (Fsp3) is 0.278. The maximum absolute atomic E-state index is 13.0. The molecule has 0 bridgehead atoms. The van der Waals surface area contributed by atoms with Crippen molar-refractivity contribution in [2.24, 2.45) is 0 Å². The number of anilines is 1. The number of amides is 1. The highest BCUT2D eigenvalue weighted by atomic mass is 35.5. The van der Waals surface area contributed by atoms with Gasteiger partial charge in [0.1, 0.15) is 12.4 Å². The van der Waals surface area contributed by atoms with Crippen molar-refractivity contribution >= 4 is 23.2 Å². The number of hydrogen-bond acceptors (Lipinski definition) is 1. The van der Waals surface area contributed by atoms with Crippen LogP contribution in [0.15, 0.2) is 48.5 Å². The molecule has 3 nitrogen and oxygen atoms in total. The molecule has 23 heavy (non-hydrogen) atoms. The van der Waals surface area contributed by atoms with Gasteiger partial charge in [0.2, 0.25) is 0 Å². The Kier molecular flexibility index (Phi) is 4.94. The van der Waals surface area contributed by atoms with Gasteiger partial charge < -0.3 is 10.2 Å². The number of para-hydroxylation sites is 1. The van der Waals surface area contributed by atoms with E-state index < -0.39 is 0 Å². The van der Waals surface area contributed by atoms with Gasteiger partial charge in [0.05, 0.1) is 16.8 Å². The second-order valence-electron chi connectivity index (χ2n) is 5.94. The third kappa shape index (κ3) is 4.53. The summed E-state index contributed by atoms with van der Waals surface area (Å²) < 4.78 is 13.0. The minimum atomic E-state index is -0.238. The molecule has 1 aliphatic carbocycles. The lowest BCUT2D eigenvalue weighted by Crippen LogP contribution is -3.13. The first-order valence-electron chi connectivity index (χ1n) is 7.75. The van der Waals surface area contributed by atoms with Crippen molar-refractivity contribution in [2.75, 3.05) is 11.9 Å². The normalized spacial score (nSPS) is 15.2. The molecule has 0 heterocycles. The standard InChI is InChI=1S/C18H18ClFN2O/c19-16-3-1-2-4-17(16)21-18(23)12-22(15-9-10-15)11-13-5-7-14(20)8-6-13/h1-8,15H,9-12H2,(H,21,23)/p+1. The molecule has 5 heteroatoms. The lowest BCUT2D eigenvalue weighted by Gasteiger charge is -2.19. The zero-order valence-electron chi connectivity index (χ0n) is 12.7. The topological polar surface area (TPSA) is 33.5 Å². The molecule has 1 aliphatic rings. The van der Waals surface area contributed by atoms with E-state index in [0.717, 1.165) is 24.9 Å². The summed E-state index contributed by atoms with van der Waals surface area (Å²) in [7, 11) is 0. The zero-order chi connectivity index (χ0) is 16.2. The van der Waals surface area contributed by atoms with Crippen molar-refractivity contribution in [1.29, 1.82) is 0 Å². The maximum atomic E-state index is 13.0. The molecule has 1 saturated carbocycles. The van der Waals surface area contributed by atoms with Crippen molar-refractivity contribution in [3.8, 4) is 0 Å². The first-order chi connectivity index (χ1) is 11.1. The lowest BCUT2D eigenvalue weighted by atomic mass is 10.2. The average molecular weight is 334 g/mol. The maximum Gasteiger partial charge on any atom is 0.279 e. The lowest BCUT2D eigenvalue weighted by molar-refractivity contribution is -0.916. The van der Waals surface area contributed by atoms with Gasteiger partial charge in [-0.1, -0.05) is 35.9 Å². The van der Waals surface area contributed by atoms with Gasteiger partial charge in [-0.05, 0) is 24.3 Å². The molecule has 120 valence electrons. The van der Waals surface area contributed by atoms with Crippen molar-refractivity contribution in [1.82, 2.24) is 0 Å². The predicted molar refractivity (Wildman–Crippen MR) is 89.0 cm³/mol. The van der Waals surface area contributed by atoms with Crippen LogP contribution in [0.2, 0.25) is 5.02 Å². The highest BCUT2D eigenvalue weighted by molar-refractivity contribution is 6.33. The van der Waals surface area contributed by atoms with Gasteiger partial charge in [0.25, 0.3) is 5.91 Å². The van der Waals surface area contributed by atoms with E-state index in [9.17, 15) is 9.18 Å². The highest BCUT2D eigenvalue weighted by Crippen LogP contribution is 2.20. The number of carbonyl (C=O) groups is 1. The van der Waals surface area contributed by atoms with Crippen molar-refractivity contribution < 1.29 is 14.1 Å². The monoisotopic (exact) mass is 333 g/mol. The molecule has 0 aromatic heterocycles. The molecule has 0 radical (unpaired) electrons. The van der Waals surface area contributed by atoms with Crippen molar-refractivity contribution in [3.05, 3.63) is 64.9 Å². The minimum absolute atomic E-state index is 0.0536. The number of nitrogens with one attached hydrogen (secondary N) is 2. The Hall–Kier alpha value is -1.91. The van der Waals surface area contributed by atoms with Crippen LogP contribution in [0.4, 0.5) is 10.1 Å². The van der Waals surface area contributed by atoms with E-state index in [0.29, 0.717) is 23.3 Å². The van der Waals surface area contributed by atoms with Gasteiger partial charge in [0.15, 0.2) is 6.54 Å². The second-order valence-corrected chi connectivity index (χ2v) is 6.35. The van der Waals surface area contributed by atoms with Crippen LogP contribution in [0.1, 0.15) is 18.4 Å². The predicted octanol–water partition coefficient (Wildman–Crippen LogP) is 2.67. The molecule has 3 rings (SSSR count). The van der Waals surface area contributed by atoms with E-state index in [1.807, 2.05) is 12.1 Å². The number of quaternary nitrogens is 1. The van der Waals surface area contributed by atoms with E-state index in [4.69, 9.17) is 11.6 Å². The van der Waals surface area contributed by atoms with Gasteiger partial charge in [-0.2, -0.15) is 0 Å². The van der Waals surface area contributed by atoms with Crippen molar-refractivity contribution in [2.45, 2.75) is 25.4 Å². The molecule has 0 spiro atoms. The van der Waals surface area contributed by atoms with Crippen LogP contribution in [0, 0.1) is 5.82 Å². The average Bonchev–Trinajstić information content (AvgIpc) is 3.36. The molecule has 0 saturated heterocycles. The Morgan fingerprint density at radius 2 is 1.87 bits per heavy atom. The first kappa shape index (κ1) is 16.0. The summed E-state index contributed by atoms with van der Waals surface area (Å²) in [5, 5.41) is 3.40. The Bertz CT molecular complexity index is 686. The van der Waals surface area contributed by atoms with E-state index in [2.05, 4.69) is 5.32 Å². The van der Waals surface area contributed by atoms with Crippen LogP contribution in [-0.2, 0) is 11.3 Å². The van der Waals surface area contributed by atoms with Crippen LogP contribution < -0.4 is 10.2 Å². The Morgan fingerprint density at radius 1 is 1.17 bits per heavy atom. The third-order valence-corrected chi connectivity index (χ3v) is 4.36. The van der Waals surface area contributed by atoms with Crippen LogP contribution >= 0.6 is 11.6 Å². The second kappa shape index (κ2) is 7.11. The largest absolute Gasteiger partial charge is 0.321 e. The molecule has 1 fully saturated rings. The first-order valence-corrected chi connectivity index (χ1v) is 8.13. The van der Waals surface area contributed by atoms with Gasteiger partial charge in [0, 0.05) is 18.4 Å². The molecule has 0 aliphatic heterocycles. The third-order valence-electron chi connectivity index (χ3n) is 4.03. The number of benzene rings is 2.